The van der Waals surface area contributed by atoms with Crippen molar-refractivity contribution in [3.63, 3.8) is 0 Å². The molecule has 0 aliphatic rings. The predicted octanol–water partition coefficient (Wildman–Crippen LogP) is 1.59. The summed E-state index contributed by atoms with van der Waals surface area (Å²) in [6.07, 6.45) is -3.48. The number of aromatic amines is 1. The Balaban J connectivity index is 2.38. The van der Waals surface area contributed by atoms with E-state index in [4.69, 9.17) is 5.73 Å². The molecule has 0 radical (unpaired) electrons. The molecule has 5 nitrogen and oxygen atoms in total. The number of sulfonamides is 1. The van der Waals surface area contributed by atoms with Gasteiger partial charge >= 0.3 is 6.18 Å². The van der Waals surface area contributed by atoms with Gasteiger partial charge in [0.25, 0.3) is 0 Å². The first-order chi connectivity index (χ1) is 8.69. The lowest BCUT2D eigenvalue weighted by molar-refractivity contribution is -0.121. The van der Waals surface area contributed by atoms with Gasteiger partial charge in [-0.05, 0) is 18.2 Å². The van der Waals surface area contributed by atoms with Crippen molar-refractivity contribution < 1.29 is 21.6 Å². The number of H-pyrrole nitrogens is 1. The molecule has 0 bridgehead atoms. The van der Waals surface area contributed by atoms with Gasteiger partial charge in [0.05, 0.1) is 0 Å². The standard InChI is InChI=1S/C10H10F3N3O2S/c11-10(12,13)5-16-19(17,18)9-4-15-8-3-6(14)1-2-7(8)9/h1-4,15-16H,5,14H2. The number of hydrogen-bond acceptors (Lipinski definition) is 3. The molecule has 0 unspecified atom stereocenters. The van der Waals surface area contributed by atoms with Crippen LogP contribution in [0.2, 0.25) is 0 Å². The molecule has 0 saturated heterocycles. The van der Waals surface area contributed by atoms with Gasteiger partial charge < -0.3 is 10.7 Å². The molecular weight excluding hydrogens is 283 g/mol. The van der Waals surface area contributed by atoms with E-state index in [0.717, 1.165) is 6.20 Å². The second-order valence-corrected chi connectivity index (χ2v) is 5.63. The normalized spacial score (nSPS) is 13.0. The van der Waals surface area contributed by atoms with Crippen LogP contribution in [0, 0.1) is 0 Å². The minimum absolute atomic E-state index is 0.244. The second-order valence-electron chi connectivity index (χ2n) is 3.90. The van der Waals surface area contributed by atoms with Crippen LogP contribution in [-0.2, 0) is 10.0 Å². The molecule has 1 heterocycles. The molecule has 19 heavy (non-hydrogen) atoms. The van der Waals surface area contributed by atoms with Gasteiger partial charge in [-0.25, -0.2) is 13.1 Å². The Morgan fingerprint density at radius 1 is 1.32 bits per heavy atom. The zero-order valence-corrected chi connectivity index (χ0v) is 10.3. The minimum Gasteiger partial charge on any atom is -0.399 e. The molecule has 9 heteroatoms. The molecule has 4 N–H and O–H groups in total. The number of nitrogens with two attached hydrogens (primary N) is 1. The number of fused-ring (bicyclic) bond motifs is 1. The molecular formula is C10H10F3N3O2S. The van der Waals surface area contributed by atoms with Crippen LogP contribution in [-0.4, -0.2) is 26.1 Å². The van der Waals surface area contributed by atoms with E-state index >= 15 is 0 Å². The highest BCUT2D eigenvalue weighted by Crippen LogP contribution is 2.24. The lowest BCUT2D eigenvalue weighted by atomic mass is 10.2. The van der Waals surface area contributed by atoms with E-state index in [-0.39, 0.29) is 10.3 Å². The Morgan fingerprint density at radius 2 is 2.00 bits per heavy atom. The summed E-state index contributed by atoms with van der Waals surface area (Å²) < 4.78 is 61.2. The van der Waals surface area contributed by atoms with E-state index in [2.05, 4.69) is 4.98 Å². The Kier molecular flexibility index (Phi) is 3.19. The largest absolute Gasteiger partial charge is 0.402 e. The summed E-state index contributed by atoms with van der Waals surface area (Å²) in [7, 11) is -4.23. The van der Waals surface area contributed by atoms with Gasteiger partial charge in [-0.1, -0.05) is 0 Å². The van der Waals surface area contributed by atoms with Crippen LogP contribution >= 0.6 is 0 Å². The van der Waals surface area contributed by atoms with Crippen molar-refractivity contribution in [1.82, 2.24) is 9.71 Å². The smallest absolute Gasteiger partial charge is 0.399 e. The number of benzene rings is 1. The third kappa shape index (κ3) is 2.99. The Morgan fingerprint density at radius 3 is 2.63 bits per heavy atom. The van der Waals surface area contributed by atoms with E-state index in [1.165, 1.54) is 22.9 Å². The molecule has 0 aliphatic carbocycles. The highest BCUT2D eigenvalue weighted by Gasteiger charge is 2.30. The minimum atomic E-state index is -4.61. The monoisotopic (exact) mass is 293 g/mol. The van der Waals surface area contributed by atoms with Crippen molar-refractivity contribution in [3.05, 3.63) is 24.4 Å². The summed E-state index contributed by atoms with van der Waals surface area (Å²) in [4.78, 5) is 2.41. The van der Waals surface area contributed by atoms with E-state index in [1.807, 2.05) is 0 Å². The van der Waals surface area contributed by atoms with Gasteiger partial charge in [0.15, 0.2) is 0 Å². The molecule has 1 aromatic heterocycles. The number of alkyl halides is 3. The molecule has 0 spiro atoms. The molecule has 2 rings (SSSR count). The van der Waals surface area contributed by atoms with E-state index in [0.29, 0.717) is 11.2 Å². The zero-order valence-electron chi connectivity index (χ0n) is 9.45. The van der Waals surface area contributed by atoms with Gasteiger partial charge in [-0.3, -0.25) is 0 Å². The lowest BCUT2D eigenvalue weighted by Crippen LogP contribution is -2.33. The Hall–Kier alpha value is -1.74. The zero-order chi connectivity index (χ0) is 14.3. The second kappa shape index (κ2) is 4.42. The Bertz CT molecular complexity index is 706. The summed E-state index contributed by atoms with van der Waals surface area (Å²) in [6.45, 7) is -1.61. The third-order valence-electron chi connectivity index (χ3n) is 2.42. The maximum absolute atomic E-state index is 12.0. The molecule has 0 fully saturated rings. The van der Waals surface area contributed by atoms with Crippen molar-refractivity contribution >= 4 is 26.6 Å². The first-order valence-corrected chi connectivity index (χ1v) is 6.60. The third-order valence-corrected chi connectivity index (χ3v) is 3.86. The number of rotatable bonds is 3. The van der Waals surface area contributed by atoms with Gasteiger partial charge in [-0.2, -0.15) is 13.2 Å². The molecule has 0 aliphatic heterocycles. The highest BCUT2D eigenvalue weighted by molar-refractivity contribution is 7.89. The summed E-state index contributed by atoms with van der Waals surface area (Å²) in [5.74, 6) is 0. The average molecular weight is 293 g/mol. The number of anilines is 1. The summed E-state index contributed by atoms with van der Waals surface area (Å²) in [6, 6.07) is 4.40. The predicted molar refractivity (Wildman–Crippen MR) is 64.0 cm³/mol. The first kappa shape index (κ1) is 13.7. The van der Waals surface area contributed by atoms with E-state index < -0.39 is 22.7 Å². The van der Waals surface area contributed by atoms with Gasteiger partial charge in [-0.15, -0.1) is 0 Å². The summed E-state index contributed by atoms with van der Waals surface area (Å²) >= 11 is 0. The van der Waals surface area contributed by atoms with Crippen LogP contribution in [0.3, 0.4) is 0 Å². The van der Waals surface area contributed by atoms with Crippen LogP contribution in [0.1, 0.15) is 0 Å². The first-order valence-electron chi connectivity index (χ1n) is 5.12. The van der Waals surface area contributed by atoms with Gasteiger partial charge in [0.1, 0.15) is 11.4 Å². The fraction of sp³-hybridized carbons (Fsp3) is 0.200. The van der Waals surface area contributed by atoms with Crippen LogP contribution < -0.4 is 10.5 Å². The fourth-order valence-corrected chi connectivity index (χ4v) is 2.78. The molecule has 2 aromatic rings. The molecule has 1 aromatic carbocycles. The number of nitrogen functional groups attached to an aromatic ring is 1. The Labute approximate surface area is 106 Å². The number of nitrogens with one attached hydrogen (secondary N) is 2. The highest BCUT2D eigenvalue weighted by atomic mass is 32.2. The topological polar surface area (TPSA) is 88.0 Å². The van der Waals surface area contributed by atoms with Crippen molar-refractivity contribution in [2.75, 3.05) is 12.3 Å². The maximum Gasteiger partial charge on any atom is 0.402 e. The molecule has 0 atom stereocenters. The van der Waals surface area contributed by atoms with Crippen molar-refractivity contribution in [2.24, 2.45) is 0 Å². The van der Waals surface area contributed by atoms with Crippen LogP contribution in [0.4, 0.5) is 18.9 Å². The number of halogens is 3. The lowest BCUT2D eigenvalue weighted by Gasteiger charge is -2.08. The van der Waals surface area contributed by atoms with Crippen LogP contribution in [0.5, 0.6) is 0 Å². The molecule has 0 amide bonds. The quantitative estimate of drug-likeness (QED) is 0.751. The number of aromatic nitrogens is 1. The van der Waals surface area contributed by atoms with Crippen LogP contribution in [0.15, 0.2) is 29.3 Å². The van der Waals surface area contributed by atoms with Gasteiger partial charge in [0.2, 0.25) is 10.0 Å². The van der Waals surface area contributed by atoms with Crippen molar-refractivity contribution in [1.29, 1.82) is 0 Å². The van der Waals surface area contributed by atoms with Crippen LogP contribution in [0.25, 0.3) is 10.9 Å². The van der Waals surface area contributed by atoms with Crippen molar-refractivity contribution in [3.8, 4) is 0 Å². The maximum atomic E-state index is 12.0. The SMILES string of the molecule is Nc1ccc2c(S(=O)(=O)NCC(F)(F)F)c[nH]c2c1. The summed E-state index contributed by atoms with van der Waals surface area (Å²) in [5.41, 5.74) is 6.38. The summed E-state index contributed by atoms with van der Waals surface area (Å²) in [5, 5.41) is 0.281. The van der Waals surface area contributed by atoms with Gasteiger partial charge in [0, 0.05) is 22.8 Å². The van der Waals surface area contributed by atoms with Crippen molar-refractivity contribution in [2.45, 2.75) is 11.1 Å². The van der Waals surface area contributed by atoms with E-state index in [9.17, 15) is 21.6 Å². The fourth-order valence-electron chi connectivity index (χ4n) is 1.59. The number of hydrogen-bond donors (Lipinski definition) is 3. The molecule has 0 saturated carbocycles. The van der Waals surface area contributed by atoms with E-state index in [1.54, 1.807) is 0 Å². The average Bonchev–Trinajstić information content (AvgIpc) is 2.69. The molecule has 104 valence electrons.